The first-order valence-electron chi connectivity index (χ1n) is 9.43. The first-order valence-corrected chi connectivity index (χ1v) is 10.2. The second-order valence-electron chi connectivity index (χ2n) is 7.73. The van der Waals surface area contributed by atoms with E-state index in [0.717, 1.165) is 42.1 Å². The Morgan fingerprint density at radius 3 is 2.52 bits per heavy atom. The average Bonchev–Trinajstić information content (AvgIpc) is 2.92. The minimum Gasteiger partial charge on any atom is -0.372 e. The topological polar surface area (TPSA) is 47.4 Å². The number of nitrogens with zero attached hydrogens (tertiary/aromatic N) is 3. The summed E-state index contributed by atoms with van der Waals surface area (Å²) >= 11 is 1.73. The number of hydrogen-bond acceptors (Lipinski definition) is 5. The van der Waals surface area contributed by atoms with Crippen molar-refractivity contribution in [3.05, 3.63) is 20.8 Å². The summed E-state index contributed by atoms with van der Waals surface area (Å²) in [6.07, 6.45) is 4.82. The normalized spacial score (nSPS) is 24.1. The third-order valence-electron chi connectivity index (χ3n) is 5.22. The van der Waals surface area contributed by atoms with Gasteiger partial charge in [-0.15, -0.1) is 11.3 Å². The molecular weight excluding hydrogens is 334 g/mol. The maximum Gasteiger partial charge on any atom is 0.264 e. The molecule has 2 aromatic rings. The number of aromatic nitrogens is 2. The lowest BCUT2D eigenvalue weighted by atomic mass is 9.97. The first kappa shape index (κ1) is 17.0. The van der Waals surface area contributed by atoms with E-state index in [1.54, 1.807) is 11.3 Å². The predicted octanol–water partition coefficient (Wildman–Crippen LogP) is 3.53. The van der Waals surface area contributed by atoms with E-state index in [2.05, 4.69) is 32.6 Å². The predicted molar refractivity (Wildman–Crippen MR) is 103 cm³/mol. The van der Waals surface area contributed by atoms with Crippen LogP contribution in [-0.4, -0.2) is 34.8 Å². The molecule has 2 aromatic heterocycles. The molecule has 3 heterocycles. The summed E-state index contributed by atoms with van der Waals surface area (Å²) in [5.41, 5.74) is 1.41. The lowest BCUT2D eigenvalue weighted by Crippen LogP contribution is -2.48. The van der Waals surface area contributed by atoms with Gasteiger partial charge >= 0.3 is 0 Å². The minimum atomic E-state index is 0.0898. The van der Waals surface area contributed by atoms with Gasteiger partial charge in [0.05, 0.1) is 17.6 Å². The third kappa shape index (κ3) is 2.89. The maximum absolute atomic E-state index is 13.4. The molecule has 1 fully saturated rings. The number of morpholine rings is 1. The molecule has 2 aliphatic rings. The van der Waals surface area contributed by atoms with E-state index in [0.29, 0.717) is 0 Å². The van der Waals surface area contributed by atoms with Crippen molar-refractivity contribution in [2.45, 2.75) is 71.6 Å². The molecule has 0 aromatic carbocycles. The molecule has 4 rings (SSSR count). The van der Waals surface area contributed by atoms with Crippen molar-refractivity contribution in [3.8, 4) is 0 Å². The molecule has 2 unspecified atom stereocenters. The molecule has 0 saturated carbocycles. The van der Waals surface area contributed by atoms with Gasteiger partial charge in [0.25, 0.3) is 5.56 Å². The molecule has 0 spiro atoms. The Bertz CT molecular complexity index is 844. The number of fused-ring (bicyclic) bond motifs is 3. The third-order valence-corrected chi connectivity index (χ3v) is 6.41. The Hall–Kier alpha value is -1.40. The van der Waals surface area contributed by atoms with Crippen LogP contribution < -0.4 is 10.5 Å². The first-order chi connectivity index (χ1) is 12.0. The summed E-state index contributed by atoms with van der Waals surface area (Å²) in [5, 5.41) is 0.881. The van der Waals surface area contributed by atoms with Gasteiger partial charge in [0.2, 0.25) is 5.95 Å². The van der Waals surface area contributed by atoms with Crippen LogP contribution >= 0.6 is 11.3 Å². The zero-order valence-corrected chi connectivity index (χ0v) is 16.4. The highest BCUT2D eigenvalue weighted by molar-refractivity contribution is 7.18. The molecule has 25 heavy (non-hydrogen) atoms. The van der Waals surface area contributed by atoms with Gasteiger partial charge in [-0.2, -0.15) is 0 Å². The molecule has 136 valence electrons. The van der Waals surface area contributed by atoms with Crippen LogP contribution in [0.3, 0.4) is 0 Å². The summed E-state index contributed by atoms with van der Waals surface area (Å²) < 4.78 is 7.77. The van der Waals surface area contributed by atoms with E-state index in [1.807, 2.05) is 4.57 Å². The maximum atomic E-state index is 13.4. The average molecular weight is 362 g/mol. The number of rotatable bonds is 2. The van der Waals surface area contributed by atoms with Crippen molar-refractivity contribution in [2.24, 2.45) is 0 Å². The highest BCUT2D eigenvalue weighted by Gasteiger charge is 2.29. The number of ether oxygens (including phenoxy) is 1. The number of anilines is 1. The molecule has 1 aliphatic carbocycles. The van der Waals surface area contributed by atoms with Crippen molar-refractivity contribution in [2.75, 3.05) is 18.0 Å². The van der Waals surface area contributed by atoms with E-state index in [9.17, 15) is 4.79 Å². The standard InChI is InChI=1S/C19H27N3O2S/c1-11(2)22-18(23)16-14-7-5-6-8-15(14)25-17(16)20-19(22)21-9-12(3)24-13(4)10-21/h11-13H,5-10H2,1-4H3. The molecule has 0 N–H and O–H groups in total. The molecule has 0 radical (unpaired) electrons. The zero-order valence-electron chi connectivity index (χ0n) is 15.5. The second kappa shape index (κ2) is 6.40. The molecule has 0 amide bonds. The van der Waals surface area contributed by atoms with E-state index in [-0.39, 0.29) is 23.8 Å². The molecule has 2 atom stereocenters. The van der Waals surface area contributed by atoms with Crippen molar-refractivity contribution in [1.82, 2.24) is 9.55 Å². The fraction of sp³-hybridized carbons (Fsp3) is 0.684. The van der Waals surface area contributed by atoms with Crippen molar-refractivity contribution in [3.63, 3.8) is 0 Å². The Labute approximate surface area is 152 Å². The lowest BCUT2D eigenvalue weighted by Gasteiger charge is -2.37. The van der Waals surface area contributed by atoms with Gasteiger partial charge in [-0.3, -0.25) is 9.36 Å². The number of hydrogen-bond donors (Lipinski definition) is 0. The fourth-order valence-electron chi connectivity index (χ4n) is 4.24. The van der Waals surface area contributed by atoms with Crippen LogP contribution in [0.25, 0.3) is 10.2 Å². The molecule has 1 aliphatic heterocycles. The molecule has 0 bridgehead atoms. The smallest absolute Gasteiger partial charge is 0.264 e. The van der Waals surface area contributed by atoms with Crippen molar-refractivity contribution in [1.29, 1.82) is 0 Å². The summed E-state index contributed by atoms with van der Waals surface area (Å²) in [4.78, 5) is 22.9. The van der Waals surface area contributed by atoms with Gasteiger partial charge in [0, 0.05) is 24.0 Å². The molecule has 1 saturated heterocycles. The fourth-order valence-corrected chi connectivity index (χ4v) is 5.48. The van der Waals surface area contributed by atoms with E-state index in [4.69, 9.17) is 9.72 Å². The second-order valence-corrected chi connectivity index (χ2v) is 8.82. The molecule has 5 nitrogen and oxygen atoms in total. The van der Waals surface area contributed by atoms with Gasteiger partial charge in [-0.1, -0.05) is 0 Å². The molecule has 6 heteroatoms. The van der Waals surface area contributed by atoms with Gasteiger partial charge < -0.3 is 9.64 Å². The summed E-state index contributed by atoms with van der Waals surface area (Å²) in [5.74, 6) is 0.813. The van der Waals surface area contributed by atoms with Crippen molar-refractivity contribution >= 4 is 27.5 Å². The number of aryl methyl sites for hydroxylation is 2. The van der Waals surface area contributed by atoms with E-state index >= 15 is 0 Å². The quantitative estimate of drug-likeness (QED) is 0.821. The van der Waals surface area contributed by atoms with Crippen LogP contribution in [0.4, 0.5) is 5.95 Å². The highest BCUT2D eigenvalue weighted by atomic mass is 32.1. The zero-order chi connectivity index (χ0) is 17.7. The SMILES string of the molecule is CC1CN(c2nc3sc4c(c3c(=O)n2C(C)C)CCCC4)CC(C)O1. The summed E-state index contributed by atoms with van der Waals surface area (Å²) in [6.45, 7) is 9.88. The van der Waals surface area contributed by atoms with Crippen LogP contribution in [0.1, 0.15) is 57.0 Å². The highest BCUT2D eigenvalue weighted by Crippen LogP contribution is 2.35. The van der Waals surface area contributed by atoms with Crippen LogP contribution in [-0.2, 0) is 17.6 Å². The van der Waals surface area contributed by atoms with Gasteiger partial charge in [0.15, 0.2) is 0 Å². The van der Waals surface area contributed by atoms with Crippen LogP contribution in [0.15, 0.2) is 4.79 Å². The monoisotopic (exact) mass is 361 g/mol. The lowest BCUT2D eigenvalue weighted by molar-refractivity contribution is -0.00601. The van der Waals surface area contributed by atoms with Crippen LogP contribution in [0.5, 0.6) is 0 Å². The van der Waals surface area contributed by atoms with Gasteiger partial charge in [-0.05, 0) is 58.9 Å². The van der Waals surface area contributed by atoms with Gasteiger partial charge in [-0.25, -0.2) is 4.98 Å². The number of thiophene rings is 1. The Morgan fingerprint density at radius 1 is 1.16 bits per heavy atom. The Balaban J connectivity index is 1.92. The van der Waals surface area contributed by atoms with E-state index < -0.39 is 0 Å². The van der Waals surface area contributed by atoms with Crippen molar-refractivity contribution < 1.29 is 4.74 Å². The van der Waals surface area contributed by atoms with E-state index in [1.165, 1.54) is 23.3 Å². The Morgan fingerprint density at radius 2 is 1.84 bits per heavy atom. The van der Waals surface area contributed by atoms with Crippen LogP contribution in [0.2, 0.25) is 0 Å². The summed E-state index contributed by atoms with van der Waals surface area (Å²) in [6, 6.07) is 0.0898. The minimum absolute atomic E-state index is 0.0898. The summed E-state index contributed by atoms with van der Waals surface area (Å²) in [7, 11) is 0. The largest absolute Gasteiger partial charge is 0.372 e. The molecular formula is C19H27N3O2S. The van der Waals surface area contributed by atoms with Gasteiger partial charge in [0.1, 0.15) is 4.83 Å². The van der Waals surface area contributed by atoms with Crippen LogP contribution in [0, 0.1) is 0 Å². The Kier molecular flexibility index (Phi) is 4.36.